The molecule has 1 saturated heterocycles. The largest absolute Gasteiger partial charge is 0.390 e. The van der Waals surface area contributed by atoms with Crippen LogP contribution in [-0.2, 0) is 26.1 Å². The molecular formula is C16H24N4OS. The number of hydrogen-bond acceptors (Lipinski definition) is 5. The molecule has 5 nitrogen and oxygen atoms in total. The van der Waals surface area contributed by atoms with Gasteiger partial charge >= 0.3 is 0 Å². The van der Waals surface area contributed by atoms with Gasteiger partial charge in [-0.3, -0.25) is 9.58 Å². The van der Waals surface area contributed by atoms with Gasteiger partial charge in [0.05, 0.1) is 12.8 Å². The molecule has 2 aromatic rings. The van der Waals surface area contributed by atoms with Crippen LogP contribution < -0.4 is 0 Å². The summed E-state index contributed by atoms with van der Waals surface area (Å²) in [6.07, 6.45) is 5.48. The minimum atomic E-state index is -0.0328. The topological polar surface area (TPSA) is 54.2 Å². The summed E-state index contributed by atoms with van der Waals surface area (Å²) in [6, 6.07) is 4.53. The van der Waals surface area contributed by atoms with E-state index in [-0.39, 0.29) is 6.61 Å². The first-order chi connectivity index (χ1) is 10.8. The number of aliphatic hydroxyl groups is 1. The second kappa shape index (κ2) is 7.35. The molecule has 1 atom stereocenters. The van der Waals surface area contributed by atoms with Crippen LogP contribution in [-0.4, -0.2) is 38.1 Å². The molecule has 6 heteroatoms. The number of piperidine rings is 1. The second-order valence-corrected chi connectivity index (χ2v) is 7.31. The smallest absolute Gasteiger partial charge is 0.108 e. The molecule has 0 saturated carbocycles. The number of hydrogen-bond donors (Lipinski definition) is 1. The van der Waals surface area contributed by atoms with Gasteiger partial charge in [-0.05, 0) is 43.9 Å². The highest BCUT2D eigenvalue weighted by Gasteiger charge is 2.21. The standard InChI is InChI=1S/C16H24N4OS/c1-2-15-5-6-16(22-15)11-19-7-3-4-13(8-19)9-20-10-14(12-21)17-18-20/h5-6,10,13,21H,2-4,7-9,11-12H2,1H3. The molecule has 0 aromatic carbocycles. The average molecular weight is 320 g/mol. The van der Waals surface area contributed by atoms with Crippen LogP contribution in [0, 0.1) is 5.92 Å². The summed E-state index contributed by atoms with van der Waals surface area (Å²) in [5, 5.41) is 17.1. The first-order valence-corrected chi connectivity index (χ1v) is 8.88. The fourth-order valence-electron chi connectivity index (χ4n) is 3.13. The van der Waals surface area contributed by atoms with Crippen molar-refractivity contribution in [2.45, 2.75) is 45.9 Å². The number of likely N-dealkylation sites (tertiary alicyclic amines) is 1. The minimum absolute atomic E-state index is 0.0328. The molecule has 1 aliphatic heterocycles. The second-order valence-electron chi connectivity index (χ2n) is 6.05. The highest BCUT2D eigenvalue weighted by atomic mass is 32.1. The quantitative estimate of drug-likeness (QED) is 0.887. The average Bonchev–Trinajstić information content (AvgIpc) is 3.16. The first-order valence-electron chi connectivity index (χ1n) is 8.06. The number of rotatable bonds is 6. The minimum Gasteiger partial charge on any atom is -0.390 e. The van der Waals surface area contributed by atoms with Gasteiger partial charge in [0, 0.05) is 29.4 Å². The Morgan fingerprint density at radius 1 is 1.36 bits per heavy atom. The number of aromatic nitrogens is 3. The Hall–Kier alpha value is -1.24. The van der Waals surface area contributed by atoms with Gasteiger partial charge in [0.15, 0.2) is 0 Å². The van der Waals surface area contributed by atoms with Crippen molar-refractivity contribution in [1.29, 1.82) is 0 Å². The predicted octanol–water partition coefficient (Wildman–Crippen LogP) is 2.31. The lowest BCUT2D eigenvalue weighted by Crippen LogP contribution is -2.36. The third kappa shape index (κ3) is 3.94. The Balaban J connectivity index is 1.54. The van der Waals surface area contributed by atoms with Crippen LogP contribution >= 0.6 is 11.3 Å². The van der Waals surface area contributed by atoms with Crippen molar-refractivity contribution in [1.82, 2.24) is 19.9 Å². The van der Waals surface area contributed by atoms with Crippen molar-refractivity contribution in [3.05, 3.63) is 33.8 Å². The normalized spacial score (nSPS) is 19.6. The van der Waals surface area contributed by atoms with E-state index in [1.807, 2.05) is 22.2 Å². The van der Waals surface area contributed by atoms with E-state index in [4.69, 9.17) is 5.11 Å². The van der Waals surface area contributed by atoms with Crippen LogP contribution in [0.25, 0.3) is 0 Å². The fraction of sp³-hybridized carbons (Fsp3) is 0.625. The van der Waals surface area contributed by atoms with Crippen LogP contribution in [0.15, 0.2) is 18.3 Å². The van der Waals surface area contributed by atoms with Gasteiger partial charge in [0.1, 0.15) is 5.69 Å². The van der Waals surface area contributed by atoms with E-state index in [1.54, 1.807) is 0 Å². The molecule has 2 aromatic heterocycles. The third-order valence-corrected chi connectivity index (χ3v) is 5.46. The Morgan fingerprint density at radius 2 is 2.23 bits per heavy atom. The molecule has 1 aliphatic rings. The molecule has 0 aliphatic carbocycles. The molecule has 0 amide bonds. The number of aliphatic hydroxyl groups excluding tert-OH is 1. The Bertz CT molecular complexity index is 544. The fourth-order valence-corrected chi connectivity index (χ4v) is 4.13. The summed E-state index contributed by atoms with van der Waals surface area (Å²) in [7, 11) is 0. The van der Waals surface area contributed by atoms with E-state index < -0.39 is 0 Å². The molecule has 3 heterocycles. The summed E-state index contributed by atoms with van der Waals surface area (Å²) in [6.45, 7) is 6.46. The SMILES string of the molecule is CCc1ccc(CN2CCCC(Cn3cc(CO)nn3)C2)s1. The van der Waals surface area contributed by atoms with Crippen LogP contribution in [0.5, 0.6) is 0 Å². The molecule has 1 N–H and O–H groups in total. The Labute approximate surface area is 135 Å². The molecule has 120 valence electrons. The Morgan fingerprint density at radius 3 is 2.95 bits per heavy atom. The maximum atomic E-state index is 9.06. The molecule has 0 radical (unpaired) electrons. The Kier molecular flexibility index (Phi) is 5.23. The zero-order valence-corrected chi connectivity index (χ0v) is 13.9. The van der Waals surface area contributed by atoms with E-state index in [1.165, 1.54) is 29.1 Å². The summed E-state index contributed by atoms with van der Waals surface area (Å²) in [4.78, 5) is 5.51. The lowest BCUT2D eigenvalue weighted by Gasteiger charge is -2.32. The molecule has 1 unspecified atom stereocenters. The van der Waals surface area contributed by atoms with E-state index in [0.29, 0.717) is 11.6 Å². The predicted molar refractivity (Wildman–Crippen MR) is 87.6 cm³/mol. The lowest BCUT2D eigenvalue weighted by atomic mass is 9.98. The summed E-state index contributed by atoms with van der Waals surface area (Å²) in [5.41, 5.74) is 0.651. The van der Waals surface area contributed by atoms with Gasteiger partial charge in [-0.1, -0.05) is 12.1 Å². The van der Waals surface area contributed by atoms with Gasteiger partial charge in [0.25, 0.3) is 0 Å². The van der Waals surface area contributed by atoms with Crippen molar-refractivity contribution in [2.75, 3.05) is 13.1 Å². The van der Waals surface area contributed by atoms with Crippen LogP contribution in [0.4, 0.5) is 0 Å². The van der Waals surface area contributed by atoms with Crippen LogP contribution in [0.3, 0.4) is 0 Å². The maximum Gasteiger partial charge on any atom is 0.108 e. The molecule has 0 bridgehead atoms. The molecular weight excluding hydrogens is 296 g/mol. The number of nitrogens with zero attached hydrogens (tertiary/aromatic N) is 4. The molecule has 22 heavy (non-hydrogen) atoms. The van der Waals surface area contributed by atoms with E-state index >= 15 is 0 Å². The van der Waals surface area contributed by atoms with Crippen molar-refractivity contribution >= 4 is 11.3 Å². The number of thiophene rings is 1. The molecule has 0 spiro atoms. The van der Waals surface area contributed by atoms with Crippen molar-refractivity contribution in [2.24, 2.45) is 5.92 Å². The van der Waals surface area contributed by atoms with Crippen LogP contribution in [0.1, 0.15) is 35.2 Å². The summed E-state index contributed by atoms with van der Waals surface area (Å²) < 4.78 is 1.88. The van der Waals surface area contributed by atoms with Crippen LogP contribution in [0.2, 0.25) is 0 Å². The van der Waals surface area contributed by atoms with E-state index in [2.05, 4.69) is 34.3 Å². The zero-order chi connectivity index (χ0) is 15.4. The molecule has 3 rings (SSSR count). The van der Waals surface area contributed by atoms with E-state index in [0.717, 1.165) is 26.1 Å². The summed E-state index contributed by atoms with van der Waals surface area (Å²) in [5.74, 6) is 0.618. The van der Waals surface area contributed by atoms with E-state index in [9.17, 15) is 0 Å². The number of aryl methyl sites for hydroxylation is 1. The van der Waals surface area contributed by atoms with Crippen molar-refractivity contribution in [3.8, 4) is 0 Å². The highest BCUT2D eigenvalue weighted by molar-refractivity contribution is 7.11. The van der Waals surface area contributed by atoms with Gasteiger partial charge in [-0.2, -0.15) is 0 Å². The van der Waals surface area contributed by atoms with Gasteiger partial charge < -0.3 is 5.11 Å². The van der Waals surface area contributed by atoms with Gasteiger partial charge in [-0.25, -0.2) is 0 Å². The van der Waals surface area contributed by atoms with Gasteiger partial charge in [0.2, 0.25) is 0 Å². The maximum absolute atomic E-state index is 9.06. The summed E-state index contributed by atoms with van der Waals surface area (Å²) >= 11 is 1.94. The van der Waals surface area contributed by atoms with Crippen molar-refractivity contribution < 1.29 is 5.11 Å². The third-order valence-electron chi connectivity index (χ3n) is 4.24. The molecule has 1 fully saturated rings. The lowest BCUT2D eigenvalue weighted by molar-refractivity contribution is 0.154. The van der Waals surface area contributed by atoms with Crippen molar-refractivity contribution in [3.63, 3.8) is 0 Å². The highest BCUT2D eigenvalue weighted by Crippen LogP contribution is 2.23. The first kappa shape index (κ1) is 15.6. The zero-order valence-electron chi connectivity index (χ0n) is 13.1. The van der Waals surface area contributed by atoms with Gasteiger partial charge in [-0.15, -0.1) is 16.4 Å². The monoisotopic (exact) mass is 320 g/mol.